The zero-order valence-electron chi connectivity index (χ0n) is 15.9. The fourth-order valence-corrected chi connectivity index (χ4v) is 3.69. The lowest BCUT2D eigenvalue weighted by Crippen LogP contribution is -2.44. The molecule has 0 aliphatic heterocycles. The normalized spacial score (nSPS) is 14.5. The van der Waals surface area contributed by atoms with Crippen LogP contribution in [0.2, 0.25) is 0 Å². The second kappa shape index (κ2) is 9.50. The molecular weight excluding hydrogens is 361 g/mol. The standard InChI is InChI=1S/C21H26FN3O3/c22-16-7-9-18(10-8-16)25(12-11-20(23)26)21(27)15-24(17-4-1-2-5-17)14-19-6-3-13-28-19/h3,6-10,13,17H,1-2,4-5,11-12,14-15H2,(H2,23,26). The van der Waals surface area contributed by atoms with Gasteiger partial charge in [-0.05, 0) is 49.2 Å². The van der Waals surface area contributed by atoms with E-state index in [2.05, 4.69) is 4.90 Å². The van der Waals surface area contributed by atoms with E-state index in [1.54, 1.807) is 18.4 Å². The Labute approximate surface area is 164 Å². The van der Waals surface area contributed by atoms with Crippen LogP contribution in [-0.2, 0) is 16.1 Å². The Hall–Kier alpha value is -2.67. The van der Waals surface area contributed by atoms with Gasteiger partial charge in [-0.15, -0.1) is 0 Å². The number of hydrogen-bond acceptors (Lipinski definition) is 4. The Bertz CT molecular complexity index is 771. The Balaban J connectivity index is 1.76. The third-order valence-corrected chi connectivity index (χ3v) is 5.14. The number of hydrogen-bond donors (Lipinski definition) is 1. The van der Waals surface area contributed by atoms with Crippen molar-refractivity contribution in [2.75, 3.05) is 18.0 Å². The maximum absolute atomic E-state index is 13.3. The molecule has 1 aliphatic rings. The van der Waals surface area contributed by atoms with Gasteiger partial charge in [-0.2, -0.15) is 0 Å². The number of nitrogens with zero attached hydrogens (tertiary/aromatic N) is 2. The lowest BCUT2D eigenvalue weighted by Gasteiger charge is -2.30. The van der Waals surface area contributed by atoms with Gasteiger partial charge in [0.05, 0.1) is 19.4 Å². The zero-order valence-corrected chi connectivity index (χ0v) is 15.9. The third-order valence-electron chi connectivity index (χ3n) is 5.14. The van der Waals surface area contributed by atoms with E-state index in [1.807, 2.05) is 12.1 Å². The number of carbonyl (C=O) groups is 2. The number of primary amides is 1. The second-order valence-electron chi connectivity index (χ2n) is 7.16. The molecule has 2 N–H and O–H groups in total. The first kappa shape index (κ1) is 20.1. The van der Waals surface area contributed by atoms with Crippen molar-refractivity contribution in [2.24, 2.45) is 5.73 Å². The summed E-state index contributed by atoms with van der Waals surface area (Å²) in [5.74, 6) is -0.198. The molecule has 2 amide bonds. The van der Waals surface area contributed by atoms with Crippen LogP contribution in [-0.4, -0.2) is 35.8 Å². The summed E-state index contributed by atoms with van der Waals surface area (Å²) in [5.41, 5.74) is 5.83. The van der Waals surface area contributed by atoms with Gasteiger partial charge >= 0.3 is 0 Å². The van der Waals surface area contributed by atoms with Gasteiger partial charge in [0.2, 0.25) is 11.8 Å². The van der Waals surface area contributed by atoms with E-state index in [4.69, 9.17) is 10.2 Å². The number of carbonyl (C=O) groups excluding carboxylic acids is 2. The van der Waals surface area contributed by atoms with Crippen LogP contribution in [0.5, 0.6) is 0 Å². The molecule has 6 nitrogen and oxygen atoms in total. The van der Waals surface area contributed by atoms with Gasteiger partial charge < -0.3 is 15.1 Å². The van der Waals surface area contributed by atoms with Crippen LogP contribution >= 0.6 is 0 Å². The molecule has 1 heterocycles. The topological polar surface area (TPSA) is 79.8 Å². The number of rotatable bonds is 9. The smallest absolute Gasteiger partial charge is 0.241 e. The number of nitrogens with two attached hydrogens (primary N) is 1. The van der Waals surface area contributed by atoms with E-state index in [-0.39, 0.29) is 31.2 Å². The Morgan fingerprint density at radius 2 is 1.86 bits per heavy atom. The molecule has 0 unspecified atom stereocenters. The molecule has 150 valence electrons. The third kappa shape index (κ3) is 5.42. The number of benzene rings is 1. The molecule has 1 aromatic heterocycles. The number of anilines is 1. The summed E-state index contributed by atoms with van der Waals surface area (Å²) < 4.78 is 18.8. The van der Waals surface area contributed by atoms with Crippen molar-refractivity contribution in [3.05, 3.63) is 54.2 Å². The molecule has 1 fully saturated rings. The van der Waals surface area contributed by atoms with Crippen molar-refractivity contribution in [3.8, 4) is 0 Å². The van der Waals surface area contributed by atoms with Crippen LogP contribution in [0.1, 0.15) is 37.9 Å². The predicted octanol–water partition coefficient (Wildman–Crippen LogP) is 3.07. The SMILES string of the molecule is NC(=O)CCN(C(=O)CN(Cc1ccco1)C1CCCC1)c1ccc(F)cc1. The van der Waals surface area contributed by atoms with Gasteiger partial charge in [0, 0.05) is 24.7 Å². The average Bonchev–Trinajstić information content (AvgIpc) is 3.36. The fraction of sp³-hybridized carbons (Fsp3) is 0.429. The lowest BCUT2D eigenvalue weighted by atomic mass is 10.2. The highest BCUT2D eigenvalue weighted by molar-refractivity contribution is 5.95. The monoisotopic (exact) mass is 387 g/mol. The van der Waals surface area contributed by atoms with E-state index in [0.717, 1.165) is 31.4 Å². The zero-order chi connectivity index (χ0) is 19.9. The lowest BCUT2D eigenvalue weighted by molar-refractivity contribution is -0.120. The highest BCUT2D eigenvalue weighted by atomic mass is 19.1. The molecule has 3 rings (SSSR count). The number of amides is 2. The summed E-state index contributed by atoms with van der Waals surface area (Å²) in [7, 11) is 0. The molecule has 1 aliphatic carbocycles. The van der Waals surface area contributed by atoms with E-state index >= 15 is 0 Å². The molecule has 0 atom stereocenters. The molecule has 0 spiro atoms. The van der Waals surface area contributed by atoms with Crippen LogP contribution in [0.4, 0.5) is 10.1 Å². The second-order valence-corrected chi connectivity index (χ2v) is 7.16. The highest BCUT2D eigenvalue weighted by Gasteiger charge is 2.27. The largest absolute Gasteiger partial charge is 0.468 e. The molecule has 1 aromatic carbocycles. The summed E-state index contributed by atoms with van der Waals surface area (Å²) in [6, 6.07) is 9.75. The maximum Gasteiger partial charge on any atom is 0.241 e. The van der Waals surface area contributed by atoms with Gasteiger partial charge in [0.15, 0.2) is 0 Å². The van der Waals surface area contributed by atoms with E-state index in [9.17, 15) is 14.0 Å². The summed E-state index contributed by atoms with van der Waals surface area (Å²) in [6.45, 7) is 0.914. The first-order valence-corrected chi connectivity index (χ1v) is 9.63. The molecule has 1 saturated carbocycles. The summed E-state index contributed by atoms with van der Waals surface area (Å²) in [5, 5.41) is 0. The Kier molecular flexibility index (Phi) is 6.81. The van der Waals surface area contributed by atoms with Gasteiger partial charge in [0.1, 0.15) is 11.6 Å². The van der Waals surface area contributed by atoms with Crippen molar-refractivity contribution in [3.63, 3.8) is 0 Å². The average molecular weight is 387 g/mol. The highest BCUT2D eigenvalue weighted by Crippen LogP contribution is 2.26. The van der Waals surface area contributed by atoms with Gasteiger partial charge in [-0.25, -0.2) is 4.39 Å². The Morgan fingerprint density at radius 1 is 1.14 bits per heavy atom. The van der Waals surface area contributed by atoms with Gasteiger partial charge in [-0.1, -0.05) is 12.8 Å². The molecule has 28 heavy (non-hydrogen) atoms. The first-order chi connectivity index (χ1) is 13.5. The molecular formula is C21H26FN3O3. The van der Waals surface area contributed by atoms with Crippen molar-refractivity contribution in [1.82, 2.24) is 4.90 Å². The quantitative estimate of drug-likeness (QED) is 0.717. The minimum atomic E-state index is -0.483. The predicted molar refractivity (Wildman–Crippen MR) is 104 cm³/mol. The van der Waals surface area contributed by atoms with Crippen LogP contribution in [0, 0.1) is 5.82 Å². The van der Waals surface area contributed by atoms with E-state index in [0.29, 0.717) is 18.3 Å². The molecule has 0 bridgehead atoms. The van der Waals surface area contributed by atoms with Crippen molar-refractivity contribution < 1.29 is 18.4 Å². The fourth-order valence-electron chi connectivity index (χ4n) is 3.69. The molecule has 0 saturated heterocycles. The van der Waals surface area contributed by atoms with Crippen LogP contribution in [0.3, 0.4) is 0 Å². The summed E-state index contributed by atoms with van der Waals surface area (Å²) in [6.07, 6.45) is 6.07. The number of halogens is 1. The van der Waals surface area contributed by atoms with Crippen molar-refractivity contribution in [1.29, 1.82) is 0 Å². The first-order valence-electron chi connectivity index (χ1n) is 9.63. The van der Waals surface area contributed by atoms with Crippen molar-refractivity contribution in [2.45, 2.75) is 44.7 Å². The van der Waals surface area contributed by atoms with Crippen LogP contribution in [0.25, 0.3) is 0 Å². The van der Waals surface area contributed by atoms with E-state index < -0.39 is 5.91 Å². The van der Waals surface area contributed by atoms with Gasteiger partial charge in [0.25, 0.3) is 0 Å². The molecule has 2 aromatic rings. The Morgan fingerprint density at radius 3 is 2.46 bits per heavy atom. The van der Waals surface area contributed by atoms with Crippen molar-refractivity contribution >= 4 is 17.5 Å². The summed E-state index contributed by atoms with van der Waals surface area (Å²) in [4.78, 5) is 28.0. The van der Waals surface area contributed by atoms with Crippen LogP contribution in [0.15, 0.2) is 47.1 Å². The van der Waals surface area contributed by atoms with Gasteiger partial charge in [-0.3, -0.25) is 14.5 Å². The van der Waals surface area contributed by atoms with E-state index in [1.165, 1.54) is 17.0 Å². The molecule has 0 radical (unpaired) electrons. The van der Waals surface area contributed by atoms with Crippen LogP contribution < -0.4 is 10.6 Å². The minimum absolute atomic E-state index is 0.0464. The number of furan rings is 1. The maximum atomic E-state index is 13.3. The minimum Gasteiger partial charge on any atom is -0.468 e. The summed E-state index contributed by atoms with van der Waals surface area (Å²) >= 11 is 0. The molecule has 7 heteroatoms.